The molecule has 0 aliphatic rings. The Hall–Kier alpha value is -3.06. The maximum Gasteiger partial charge on any atom is 0.342 e. The van der Waals surface area contributed by atoms with Crippen molar-refractivity contribution in [2.24, 2.45) is 0 Å². The minimum Gasteiger partial charge on any atom is -0.477 e. The first kappa shape index (κ1) is 20.7. The van der Waals surface area contributed by atoms with E-state index in [9.17, 15) is 9.90 Å². The molecule has 0 atom stereocenters. The smallest absolute Gasteiger partial charge is 0.342 e. The largest absolute Gasteiger partial charge is 0.477 e. The third-order valence-corrected chi connectivity index (χ3v) is 5.29. The van der Waals surface area contributed by atoms with Crippen molar-refractivity contribution in [3.8, 4) is 0 Å². The number of carbonyl (C=O) groups is 1. The molecule has 3 aromatic rings. The summed E-state index contributed by atoms with van der Waals surface area (Å²) in [5.41, 5.74) is 3.42. The van der Waals surface area contributed by atoms with Crippen LogP contribution in [0.25, 0.3) is 0 Å². The number of aryl methyl sites for hydroxylation is 1. The zero-order valence-electron chi connectivity index (χ0n) is 16.7. The second kappa shape index (κ2) is 9.43. The van der Waals surface area contributed by atoms with E-state index < -0.39 is 5.97 Å². The maximum absolute atomic E-state index is 12.1. The lowest BCUT2D eigenvalue weighted by molar-refractivity contribution is 0.0693. The van der Waals surface area contributed by atoms with Crippen LogP contribution in [0.4, 0.5) is 11.8 Å². The summed E-state index contributed by atoms with van der Waals surface area (Å²) in [5, 5.41) is 13.5. The van der Waals surface area contributed by atoms with Gasteiger partial charge in [0.1, 0.15) is 16.4 Å². The highest BCUT2D eigenvalue weighted by Gasteiger charge is 2.22. The summed E-state index contributed by atoms with van der Waals surface area (Å²) < 4.78 is 0. The molecule has 0 aliphatic carbocycles. The van der Waals surface area contributed by atoms with E-state index >= 15 is 0 Å². The first-order valence-electron chi connectivity index (χ1n) is 9.23. The second-order valence-corrected chi connectivity index (χ2v) is 7.83. The fraction of sp³-hybridized carbons (Fsp3) is 0.227. The molecule has 3 rings (SSSR count). The summed E-state index contributed by atoms with van der Waals surface area (Å²) in [6, 6.07) is 18.0. The number of hydrogen-bond acceptors (Lipinski definition) is 6. The van der Waals surface area contributed by atoms with Gasteiger partial charge in [0.15, 0.2) is 0 Å². The van der Waals surface area contributed by atoms with Crippen molar-refractivity contribution in [1.29, 1.82) is 0 Å². The summed E-state index contributed by atoms with van der Waals surface area (Å²) >= 11 is 1.40. The van der Waals surface area contributed by atoms with Crippen LogP contribution in [-0.4, -0.2) is 35.1 Å². The van der Waals surface area contributed by atoms with Crippen LogP contribution in [0.3, 0.4) is 0 Å². The van der Waals surface area contributed by atoms with Gasteiger partial charge in [-0.25, -0.2) is 9.78 Å². The SMILES string of the molecule is Cc1cccc(CNc2nc(N(C)C)nc(SCc3ccccc3)c2C(=O)O)c1. The number of anilines is 2. The van der Waals surface area contributed by atoms with Gasteiger partial charge in [-0.3, -0.25) is 0 Å². The van der Waals surface area contributed by atoms with E-state index in [0.717, 1.165) is 16.7 Å². The van der Waals surface area contributed by atoms with Gasteiger partial charge < -0.3 is 15.3 Å². The van der Waals surface area contributed by atoms with Crippen LogP contribution in [-0.2, 0) is 12.3 Å². The van der Waals surface area contributed by atoms with Crippen LogP contribution >= 0.6 is 11.8 Å². The Kier molecular flexibility index (Phi) is 6.72. The van der Waals surface area contributed by atoms with Gasteiger partial charge in [0.2, 0.25) is 5.95 Å². The number of carboxylic acids is 1. The number of thioether (sulfide) groups is 1. The van der Waals surface area contributed by atoms with Crippen molar-refractivity contribution >= 4 is 29.5 Å². The van der Waals surface area contributed by atoms with Crippen molar-refractivity contribution in [3.63, 3.8) is 0 Å². The molecule has 0 fully saturated rings. The number of nitrogens with one attached hydrogen (secondary N) is 1. The van der Waals surface area contributed by atoms with E-state index in [1.54, 1.807) is 4.90 Å². The highest BCUT2D eigenvalue weighted by molar-refractivity contribution is 7.98. The molecule has 29 heavy (non-hydrogen) atoms. The average molecular weight is 409 g/mol. The molecule has 0 saturated carbocycles. The fourth-order valence-corrected chi connectivity index (χ4v) is 3.76. The normalized spacial score (nSPS) is 10.6. The van der Waals surface area contributed by atoms with Gasteiger partial charge in [0, 0.05) is 26.4 Å². The van der Waals surface area contributed by atoms with E-state index in [1.807, 2.05) is 69.6 Å². The van der Waals surface area contributed by atoms with Crippen molar-refractivity contribution < 1.29 is 9.90 Å². The van der Waals surface area contributed by atoms with Gasteiger partial charge in [-0.05, 0) is 18.1 Å². The molecule has 7 heteroatoms. The Labute approximate surface area is 175 Å². The molecule has 0 spiro atoms. The molecule has 2 N–H and O–H groups in total. The predicted octanol–water partition coefficient (Wildman–Crippen LogP) is 4.45. The number of rotatable bonds is 8. The predicted molar refractivity (Wildman–Crippen MR) is 118 cm³/mol. The van der Waals surface area contributed by atoms with E-state index in [0.29, 0.717) is 29.1 Å². The highest BCUT2D eigenvalue weighted by atomic mass is 32.2. The van der Waals surface area contributed by atoms with Crippen molar-refractivity contribution in [2.45, 2.75) is 24.2 Å². The molecule has 0 unspecified atom stereocenters. The molecule has 2 aromatic carbocycles. The Morgan fingerprint density at radius 3 is 2.45 bits per heavy atom. The molecule has 0 saturated heterocycles. The summed E-state index contributed by atoms with van der Waals surface area (Å²) in [4.78, 5) is 22.8. The Bertz CT molecular complexity index is 993. The molecule has 150 valence electrons. The lowest BCUT2D eigenvalue weighted by Gasteiger charge is -2.17. The van der Waals surface area contributed by atoms with Crippen molar-refractivity contribution in [1.82, 2.24) is 9.97 Å². The minimum atomic E-state index is -1.04. The summed E-state index contributed by atoms with van der Waals surface area (Å²) in [6.07, 6.45) is 0. The standard InChI is InChI=1S/C22H24N4O2S/c1-15-8-7-11-17(12-15)13-23-19-18(21(27)28)20(25-22(24-19)26(2)3)29-14-16-9-5-4-6-10-16/h4-12H,13-14H2,1-3H3,(H,27,28)(H,23,24,25). The van der Waals surface area contributed by atoms with Crippen LogP contribution in [0.5, 0.6) is 0 Å². The first-order valence-corrected chi connectivity index (χ1v) is 10.2. The zero-order chi connectivity index (χ0) is 20.8. The molecule has 0 radical (unpaired) electrons. The number of aromatic nitrogens is 2. The molecule has 0 amide bonds. The summed E-state index contributed by atoms with van der Waals surface area (Å²) in [7, 11) is 3.68. The molecular weight excluding hydrogens is 384 g/mol. The van der Waals surface area contributed by atoms with E-state index in [4.69, 9.17) is 0 Å². The van der Waals surface area contributed by atoms with Gasteiger partial charge in [-0.2, -0.15) is 4.98 Å². The maximum atomic E-state index is 12.1. The van der Waals surface area contributed by atoms with Gasteiger partial charge in [-0.1, -0.05) is 60.2 Å². The van der Waals surface area contributed by atoms with Crippen LogP contribution < -0.4 is 10.2 Å². The van der Waals surface area contributed by atoms with E-state index in [1.165, 1.54) is 11.8 Å². The number of carboxylic acid groups (broad SMARTS) is 1. The van der Waals surface area contributed by atoms with E-state index in [2.05, 4.69) is 21.4 Å². The third-order valence-electron chi connectivity index (χ3n) is 4.24. The molecule has 1 heterocycles. The number of aromatic carboxylic acids is 1. The lowest BCUT2D eigenvalue weighted by Crippen LogP contribution is -2.18. The molecule has 1 aromatic heterocycles. The number of nitrogens with zero attached hydrogens (tertiary/aromatic N) is 3. The summed E-state index contributed by atoms with van der Waals surface area (Å²) in [5.74, 6) is 0.380. The summed E-state index contributed by atoms with van der Waals surface area (Å²) in [6.45, 7) is 2.51. The van der Waals surface area contributed by atoms with Gasteiger partial charge >= 0.3 is 5.97 Å². The second-order valence-electron chi connectivity index (χ2n) is 6.87. The van der Waals surface area contributed by atoms with Crippen molar-refractivity contribution in [3.05, 3.63) is 76.9 Å². The Morgan fingerprint density at radius 2 is 1.79 bits per heavy atom. The Morgan fingerprint density at radius 1 is 1.07 bits per heavy atom. The Balaban J connectivity index is 1.92. The van der Waals surface area contributed by atoms with Crippen LogP contribution in [0, 0.1) is 6.92 Å². The average Bonchev–Trinajstić information content (AvgIpc) is 2.70. The molecule has 6 nitrogen and oxygen atoms in total. The molecule has 0 bridgehead atoms. The quantitative estimate of drug-likeness (QED) is 0.421. The van der Waals surface area contributed by atoms with Gasteiger partial charge in [0.25, 0.3) is 0 Å². The monoisotopic (exact) mass is 408 g/mol. The number of benzene rings is 2. The number of hydrogen-bond donors (Lipinski definition) is 2. The van der Waals surface area contributed by atoms with Crippen LogP contribution in [0.2, 0.25) is 0 Å². The fourth-order valence-electron chi connectivity index (χ4n) is 2.79. The van der Waals surface area contributed by atoms with Crippen LogP contribution in [0.1, 0.15) is 27.0 Å². The van der Waals surface area contributed by atoms with E-state index in [-0.39, 0.29) is 5.56 Å². The van der Waals surface area contributed by atoms with Crippen LogP contribution in [0.15, 0.2) is 59.6 Å². The highest BCUT2D eigenvalue weighted by Crippen LogP contribution is 2.30. The lowest BCUT2D eigenvalue weighted by atomic mass is 10.1. The van der Waals surface area contributed by atoms with Gasteiger partial charge in [-0.15, -0.1) is 11.8 Å². The molecular formula is C22H24N4O2S. The first-order chi connectivity index (χ1) is 13.9. The topological polar surface area (TPSA) is 78.4 Å². The third kappa shape index (κ3) is 5.48. The van der Waals surface area contributed by atoms with Crippen molar-refractivity contribution in [2.75, 3.05) is 24.3 Å². The van der Waals surface area contributed by atoms with Gasteiger partial charge in [0.05, 0.1) is 0 Å². The molecule has 0 aliphatic heterocycles. The zero-order valence-corrected chi connectivity index (χ0v) is 17.5. The minimum absolute atomic E-state index is 0.101.